The maximum atomic E-state index is 11.5. The SMILES string of the molecule is CCc1ccc(CNCCC(=O)OC(C)(C)C)s1. The van der Waals surface area contributed by atoms with E-state index in [0.717, 1.165) is 13.0 Å². The van der Waals surface area contributed by atoms with Gasteiger partial charge in [0, 0.05) is 22.8 Å². The molecule has 1 heterocycles. The molecule has 1 aromatic heterocycles. The van der Waals surface area contributed by atoms with E-state index in [9.17, 15) is 4.79 Å². The summed E-state index contributed by atoms with van der Waals surface area (Å²) in [6.07, 6.45) is 1.51. The smallest absolute Gasteiger partial charge is 0.307 e. The van der Waals surface area contributed by atoms with Crippen molar-refractivity contribution in [2.75, 3.05) is 6.54 Å². The number of thiophene rings is 1. The van der Waals surface area contributed by atoms with Gasteiger partial charge in [0.2, 0.25) is 0 Å². The molecule has 0 fully saturated rings. The zero-order valence-electron chi connectivity index (χ0n) is 11.7. The second-order valence-corrected chi connectivity index (χ2v) is 6.49. The van der Waals surface area contributed by atoms with Crippen LogP contribution in [0.15, 0.2) is 12.1 Å². The lowest BCUT2D eigenvalue weighted by Crippen LogP contribution is -2.26. The molecule has 0 atom stereocenters. The predicted octanol–water partition coefficient (Wildman–Crippen LogP) is 3.13. The standard InChI is InChI=1S/C14H23NO2S/c1-5-11-6-7-12(18-11)10-15-9-8-13(16)17-14(2,3)4/h6-7,15H,5,8-10H2,1-4H3. The molecule has 0 saturated carbocycles. The lowest BCUT2D eigenvalue weighted by Gasteiger charge is -2.19. The highest BCUT2D eigenvalue weighted by Crippen LogP contribution is 2.16. The summed E-state index contributed by atoms with van der Waals surface area (Å²) < 4.78 is 5.24. The van der Waals surface area contributed by atoms with Crippen molar-refractivity contribution >= 4 is 17.3 Å². The number of carbonyl (C=O) groups is 1. The summed E-state index contributed by atoms with van der Waals surface area (Å²) in [5.74, 6) is -0.143. The number of nitrogens with one attached hydrogen (secondary N) is 1. The van der Waals surface area contributed by atoms with Crippen LogP contribution in [-0.4, -0.2) is 18.1 Å². The molecule has 102 valence electrons. The first-order chi connectivity index (χ1) is 8.40. The van der Waals surface area contributed by atoms with E-state index in [1.165, 1.54) is 9.75 Å². The molecule has 0 saturated heterocycles. The topological polar surface area (TPSA) is 38.3 Å². The zero-order valence-corrected chi connectivity index (χ0v) is 12.5. The van der Waals surface area contributed by atoms with Crippen molar-refractivity contribution in [2.24, 2.45) is 0 Å². The maximum Gasteiger partial charge on any atom is 0.307 e. The van der Waals surface area contributed by atoms with Crippen LogP contribution < -0.4 is 5.32 Å². The second-order valence-electron chi connectivity index (χ2n) is 5.23. The minimum Gasteiger partial charge on any atom is -0.460 e. The van der Waals surface area contributed by atoms with Crippen molar-refractivity contribution in [3.63, 3.8) is 0 Å². The quantitative estimate of drug-likeness (QED) is 0.637. The summed E-state index contributed by atoms with van der Waals surface area (Å²) in [5.41, 5.74) is -0.388. The minimum atomic E-state index is -0.388. The summed E-state index contributed by atoms with van der Waals surface area (Å²) in [6, 6.07) is 4.31. The van der Waals surface area contributed by atoms with Crippen molar-refractivity contribution in [1.82, 2.24) is 5.32 Å². The van der Waals surface area contributed by atoms with Gasteiger partial charge in [-0.25, -0.2) is 0 Å². The summed E-state index contributed by atoms with van der Waals surface area (Å²) in [7, 11) is 0. The van der Waals surface area contributed by atoms with E-state index in [0.29, 0.717) is 13.0 Å². The molecule has 0 aromatic carbocycles. The predicted molar refractivity (Wildman–Crippen MR) is 75.9 cm³/mol. The fourth-order valence-electron chi connectivity index (χ4n) is 1.50. The van der Waals surface area contributed by atoms with Gasteiger partial charge in [0.25, 0.3) is 0 Å². The van der Waals surface area contributed by atoms with Gasteiger partial charge in [-0.3, -0.25) is 4.79 Å². The average Bonchev–Trinajstić information content (AvgIpc) is 2.70. The Morgan fingerprint density at radius 3 is 2.56 bits per heavy atom. The summed E-state index contributed by atoms with van der Waals surface area (Å²) in [4.78, 5) is 14.2. The van der Waals surface area contributed by atoms with Gasteiger partial charge >= 0.3 is 5.97 Å². The summed E-state index contributed by atoms with van der Waals surface area (Å²) >= 11 is 1.82. The molecule has 0 amide bonds. The molecule has 0 aliphatic heterocycles. The number of rotatable bonds is 6. The Balaban J connectivity index is 2.17. The third-order valence-corrected chi connectivity index (χ3v) is 3.52. The molecular weight excluding hydrogens is 246 g/mol. The fourth-order valence-corrected chi connectivity index (χ4v) is 2.43. The van der Waals surface area contributed by atoms with E-state index in [1.54, 1.807) is 0 Å². The number of carbonyl (C=O) groups excluding carboxylic acids is 1. The van der Waals surface area contributed by atoms with Crippen LogP contribution in [0.4, 0.5) is 0 Å². The third-order valence-electron chi connectivity index (χ3n) is 2.29. The molecule has 0 spiro atoms. The zero-order chi connectivity index (χ0) is 13.6. The van der Waals surface area contributed by atoms with E-state index >= 15 is 0 Å². The maximum absolute atomic E-state index is 11.5. The Morgan fingerprint density at radius 1 is 1.33 bits per heavy atom. The van der Waals surface area contributed by atoms with Gasteiger partial charge in [0.05, 0.1) is 6.42 Å². The molecule has 0 aliphatic carbocycles. The van der Waals surface area contributed by atoms with E-state index in [-0.39, 0.29) is 11.6 Å². The number of hydrogen-bond donors (Lipinski definition) is 1. The lowest BCUT2D eigenvalue weighted by atomic mass is 10.2. The van der Waals surface area contributed by atoms with E-state index in [2.05, 4.69) is 24.4 Å². The number of esters is 1. The number of ether oxygens (including phenoxy) is 1. The largest absolute Gasteiger partial charge is 0.460 e. The van der Waals surface area contributed by atoms with E-state index < -0.39 is 0 Å². The van der Waals surface area contributed by atoms with Gasteiger partial charge in [-0.05, 0) is 39.3 Å². The summed E-state index contributed by atoms with van der Waals surface area (Å²) in [5, 5.41) is 3.27. The van der Waals surface area contributed by atoms with Crippen LogP contribution in [0.2, 0.25) is 0 Å². The van der Waals surface area contributed by atoms with Crippen LogP contribution in [0.1, 0.15) is 43.9 Å². The monoisotopic (exact) mass is 269 g/mol. The summed E-state index contributed by atoms with van der Waals surface area (Å²) in [6.45, 7) is 9.30. The van der Waals surface area contributed by atoms with Crippen LogP contribution in [-0.2, 0) is 22.5 Å². The first-order valence-electron chi connectivity index (χ1n) is 6.41. The van der Waals surface area contributed by atoms with Crippen molar-refractivity contribution in [3.05, 3.63) is 21.9 Å². The molecule has 18 heavy (non-hydrogen) atoms. The molecule has 0 bridgehead atoms. The Bertz CT molecular complexity index is 379. The van der Waals surface area contributed by atoms with E-state index in [4.69, 9.17) is 4.74 Å². The minimum absolute atomic E-state index is 0.143. The van der Waals surface area contributed by atoms with Crippen molar-refractivity contribution in [1.29, 1.82) is 0 Å². The molecular formula is C14H23NO2S. The molecule has 0 radical (unpaired) electrons. The fraction of sp³-hybridized carbons (Fsp3) is 0.643. The number of hydrogen-bond acceptors (Lipinski definition) is 4. The Kier molecular flexibility index (Phi) is 5.82. The first-order valence-corrected chi connectivity index (χ1v) is 7.22. The molecule has 3 nitrogen and oxygen atoms in total. The average molecular weight is 269 g/mol. The van der Waals surface area contributed by atoms with Crippen LogP contribution in [0.3, 0.4) is 0 Å². The Labute approximate surface area is 114 Å². The van der Waals surface area contributed by atoms with Crippen molar-refractivity contribution in [2.45, 2.75) is 52.7 Å². The molecule has 1 N–H and O–H groups in total. The van der Waals surface area contributed by atoms with Gasteiger partial charge in [0.1, 0.15) is 5.60 Å². The lowest BCUT2D eigenvalue weighted by molar-refractivity contribution is -0.154. The highest BCUT2D eigenvalue weighted by atomic mass is 32.1. The third kappa shape index (κ3) is 6.17. The van der Waals surface area contributed by atoms with Crippen molar-refractivity contribution < 1.29 is 9.53 Å². The highest BCUT2D eigenvalue weighted by molar-refractivity contribution is 7.11. The van der Waals surface area contributed by atoms with Crippen LogP contribution >= 0.6 is 11.3 Å². The molecule has 1 aromatic rings. The highest BCUT2D eigenvalue weighted by Gasteiger charge is 2.15. The van der Waals surface area contributed by atoms with Crippen LogP contribution in [0, 0.1) is 0 Å². The van der Waals surface area contributed by atoms with Gasteiger partial charge in [0.15, 0.2) is 0 Å². The van der Waals surface area contributed by atoms with Crippen LogP contribution in [0.25, 0.3) is 0 Å². The normalized spacial score (nSPS) is 11.6. The van der Waals surface area contributed by atoms with Crippen LogP contribution in [0.5, 0.6) is 0 Å². The molecule has 4 heteroatoms. The van der Waals surface area contributed by atoms with Gasteiger partial charge in [-0.2, -0.15) is 0 Å². The molecule has 0 unspecified atom stereocenters. The first kappa shape index (κ1) is 15.2. The Hall–Kier alpha value is -0.870. The van der Waals surface area contributed by atoms with E-state index in [1.807, 2.05) is 32.1 Å². The Morgan fingerprint density at radius 2 is 2.00 bits per heavy atom. The number of aryl methyl sites for hydroxylation is 1. The van der Waals surface area contributed by atoms with Gasteiger partial charge in [-0.15, -0.1) is 11.3 Å². The second kappa shape index (κ2) is 6.90. The van der Waals surface area contributed by atoms with Gasteiger partial charge in [-0.1, -0.05) is 6.92 Å². The molecule has 1 rings (SSSR count). The van der Waals surface area contributed by atoms with Crippen molar-refractivity contribution in [3.8, 4) is 0 Å². The van der Waals surface area contributed by atoms with Gasteiger partial charge < -0.3 is 10.1 Å². The molecule has 0 aliphatic rings.